The first-order valence-electron chi connectivity index (χ1n) is 6.17. The predicted molar refractivity (Wildman–Crippen MR) is 71.9 cm³/mol. The largest absolute Gasteiger partial charge is 0.496 e. The maximum atomic E-state index is 6.27. The zero-order valence-electron chi connectivity index (χ0n) is 10.6. The standard InChI is InChI=1S/C14H20ClNO/c1-10-12(15)7-11(8-13(10)17-2)14(9-16)5-3-4-6-14/h7-8H,3-6,9,16H2,1-2H3. The molecule has 0 amide bonds. The molecular formula is C14H20ClNO. The van der Waals surface area contributed by atoms with E-state index in [0.29, 0.717) is 6.54 Å². The van der Waals surface area contributed by atoms with Crippen LogP contribution in [-0.4, -0.2) is 13.7 Å². The van der Waals surface area contributed by atoms with Crippen molar-refractivity contribution in [3.8, 4) is 5.75 Å². The summed E-state index contributed by atoms with van der Waals surface area (Å²) >= 11 is 6.27. The van der Waals surface area contributed by atoms with Crippen LogP contribution in [0.1, 0.15) is 36.8 Å². The second-order valence-electron chi connectivity index (χ2n) is 4.98. The molecule has 2 nitrogen and oxygen atoms in total. The monoisotopic (exact) mass is 253 g/mol. The molecule has 0 saturated heterocycles. The van der Waals surface area contributed by atoms with Crippen molar-refractivity contribution >= 4 is 11.6 Å². The lowest BCUT2D eigenvalue weighted by molar-refractivity contribution is 0.405. The fourth-order valence-corrected chi connectivity index (χ4v) is 3.04. The minimum atomic E-state index is 0.116. The van der Waals surface area contributed by atoms with Gasteiger partial charge in [-0.1, -0.05) is 24.4 Å². The number of ether oxygens (including phenoxy) is 1. The van der Waals surface area contributed by atoms with Gasteiger partial charge in [0.1, 0.15) is 5.75 Å². The van der Waals surface area contributed by atoms with E-state index in [1.54, 1.807) is 7.11 Å². The second-order valence-corrected chi connectivity index (χ2v) is 5.38. The van der Waals surface area contributed by atoms with Gasteiger partial charge < -0.3 is 10.5 Å². The van der Waals surface area contributed by atoms with Crippen LogP contribution in [-0.2, 0) is 5.41 Å². The number of nitrogens with two attached hydrogens (primary N) is 1. The van der Waals surface area contributed by atoms with Crippen molar-refractivity contribution in [1.29, 1.82) is 0 Å². The van der Waals surface area contributed by atoms with Crippen LogP contribution in [0.5, 0.6) is 5.75 Å². The topological polar surface area (TPSA) is 35.2 Å². The molecule has 1 aromatic carbocycles. The molecular weight excluding hydrogens is 234 g/mol. The van der Waals surface area contributed by atoms with Crippen LogP contribution >= 0.6 is 11.6 Å². The van der Waals surface area contributed by atoms with Crippen LogP contribution in [0.15, 0.2) is 12.1 Å². The summed E-state index contributed by atoms with van der Waals surface area (Å²) < 4.78 is 5.39. The molecule has 1 aliphatic rings. The molecule has 0 aliphatic heterocycles. The summed E-state index contributed by atoms with van der Waals surface area (Å²) in [6.45, 7) is 2.67. The number of hydrogen-bond acceptors (Lipinski definition) is 2. The van der Waals surface area contributed by atoms with E-state index in [-0.39, 0.29) is 5.41 Å². The van der Waals surface area contributed by atoms with E-state index in [2.05, 4.69) is 12.1 Å². The zero-order chi connectivity index (χ0) is 12.5. The number of benzene rings is 1. The fraction of sp³-hybridized carbons (Fsp3) is 0.571. The molecule has 0 unspecified atom stereocenters. The highest BCUT2D eigenvalue weighted by molar-refractivity contribution is 6.31. The minimum absolute atomic E-state index is 0.116. The van der Waals surface area contributed by atoms with Gasteiger partial charge in [0, 0.05) is 22.5 Å². The molecule has 0 spiro atoms. The van der Waals surface area contributed by atoms with Crippen LogP contribution in [0.25, 0.3) is 0 Å². The van der Waals surface area contributed by atoms with Gasteiger partial charge >= 0.3 is 0 Å². The second kappa shape index (κ2) is 4.87. The van der Waals surface area contributed by atoms with Gasteiger partial charge in [0.15, 0.2) is 0 Å². The highest BCUT2D eigenvalue weighted by Crippen LogP contribution is 2.43. The Morgan fingerprint density at radius 2 is 2.00 bits per heavy atom. The number of methoxy groups -OCH3 is 1. The van der Waals surface area contributed by atoms with Gasteiger partial charge in [0.25, 0.3) is 0 Å². The SMILES string of the molecule is COc1cc(C2(CN)CCCC2)cc(Cl)c1C. The summed E-state index contributed by atoms with van der Waals surface area (Å²) in [5.74, 6) is 0.868. The third kappa shape index (κ3) is 2.16. The molecule has 0 atom stereocenters. The summed E-state index contributed by atoms with van der Waals surface area (Å²) in [5.41, 5.74) is 8.36. The van der Waals surface area contributed by atoms with Crippen LogP contribution in [0.4, 0.5) is 0 Å². The molecule has 2 N–H and O–H groups in total. The Bertz CT molecular complexity index is 411. The quantitative estimate of drug-likeness (QED) is 0.896. The number of halogens is 1. The van der Waals surface area contributed by atoms with E-state index >= 15 is 0 Å². The first-order chi connectivity index (χ1) is 8.13. The van der Waals surface area contributed by atoms with E-state index in [1.165, 1.54) is 18.4 Å². The van der Waals surface area contributed by atoms with Crippen molar-refractivity contribution in [3.63, 3.8) is 0 Å². The summed E-state index contributed by atoms with van der Waals surface area (Å²) in [7, 11) is 1.69. The molecule has 17 heavy (non-hydrogen) atoms. The summed E-state index contributed by atoms with van der Waals surface area (Å²) in [4.78, 5) is 0. The smallest absolute Gasteiger partial charge is 0.123 e. The van der Waals surface area contributed by atoms with Gasteiger partial charge in [-0.2, -0.15) is 0 Å². The molecule has 3 heteroatoms. The third-order valence-electron chi connectivity index (χ3n) is 4.08. The first kappa shape index (κ1) is 12.7. The van der Waals surface area contributed by atoms with Gasteiger partial charge in [-0.05, 0) is 37.5 Å². The van der Waals surface area contributed by atoms with Gasteiger partial charge in [0.05, 0.1) is 7.11 Å². The molecule has 1 aliphatic carbocycles. The van der Waals surface area contributed by atoms with Crippen molar-refractivity contribution in [3.05, 3.63) is 28.3 Å². The lowest BCUT2D eigenvalue weighted by atomic mass is 9.78. The van der Waals surface area contributed by atoms with Gasteiger partial charge in [-0.15, -0.1) is 0 Å². The lowest BCUT2D eigenvalue weighted by Crippen LogP contribution is -2.32. The maximum absolute atomic E-state index is 6.27. The van der Waals surface area contributed by atoms with Crippen molar-refractivity contribution in [2.75, 3.05) is 13.7 Å². The van der Waals surface area contributed by atoms with Crippen LogP contribution in [0.3, 0.4) is 0 Å². The Kier molecular flexibility index (Phi) is 3.64. The predicted octanol–water partition coefficient (Wildman–Crippen LogP) is 3.43. The summed E-state index contributed by atoms with van der Waals surface area (Å²) in [6.07, 6.45) is 4.83. The first-order valence-corrected chi connectivity index (χ1v) is 6.55. The molecule has 2 rings (SSSR count). The highest BCUT2D eigenvalue weighted by atomic mass is 35.5. The van der Waals surface area contributed by atoms with Crippen LogP contribution in [0.2, 0.25) is 5.02 Å². The van der Waals surface area contributed by atoms with Crippen molar-refractivity contribution in [1.82, 2.24) is 0 Å². The Balaban J connectivity index is 2.48. The number of rotatable bonds is 3. The van der Waals surface area contributed by atoms with E-state index in [0.717, 1.165) is 29.2 Å². The van der Waals surface area contributed by atoms with Gasteiger partial charge in [-0.3, -0.25) is 0 Å². The third-order valence-corrected chi connectivity index (χ3v) is 4.47. The number of hydrogen-bond donors (Lipinski definition) is 1. The normalized spacial score (nSPS) is 18.4. The molecule has 1 saturated carbocycles. The zero-order valence-corrected chi connectivity index (χ0v) is 11.3. The van der Waals surface area contributed by atoms with Gasteiger partial charge in [-0.25, -0.2) is 0 Å². The summed E-state index contributed by atoms with van der Waals surface area (Å²) in [6, 6.07) is 4.18. The Hall–Kier alpha value is -0.730. The van der Waals surface area contributed by atoms with Crippen molar-refractivity contribution < 1.29 is 4.74 Å². The Morgan fingerprint density at radius 1 is 1.35 bits per heavy atom. The molecule has 0 bridgehead atoms. The fourth-order valence-electron chi connectivity index (χ4n) is 2.83. The summed E-state index contributed by atoms with van der Waals surface area (Å²) in [5, 5.41) is 0.777. The molecule has 0 radical (unpaired) electrons. The van der Waals surface area contributed by atoms with Gasteiger partial charge in [0.2, 0.25) is 0 Å². The highest BCUT2D eigenvalue weighted by Gasteiger charge is 2.35. The minimum Gasteiger partial charge on any atom is -0.496 e. The average Bonchev–Trinajstić information content (AvgIpc) is 2.82. The molecule has 0 aromatic heterocycles. The van der Waals surface area contributed by atoms with E-state index in [1.807, 2.05) is 6.92 Å². The Labute approximate surface area is 108 Å². The van der Waals surface area contributed by atoms with Crippen LogP contribution < -0.4 is 10.5 Å². The van der Waals surface area contributed by atoms with E-state index < -0.39 is 0 Å². The molecule has 1 fully saturated rings. The van der Waals surface area contributed by atoms with E-state index in [4.69, 9.17) is 22.1 Å². The average molecular weight is 254 g/mol. The van der Waals surface area contributed by atoms with Crippen LogP contribution in [0, 0.1) is 6.92 Å². The Morgan fingerprint density at radius 3 is 2.53 bits per heavy atom. The lowest BCUT2D eigenvalue weighted by Gasteiger charge is -2.29. The molecule has 1 aromatic rings. The van der Waals surface area contributed by atoms with E-state index in [9.17, 15) is 0 Å². The molecule has 94 valence electrons. The molecule has 0 heterocycles. The maximum Gasteiger partial charge on any atom is 0.123 e. The van der Waals surface area contributed by atoms with Crippen molar-refractivity contribution in [2.24, 2.45) is 5.73 Å². The van der Waals surface area contributed by atoms with Crippen molar-refractivity contribution in [2.45, 2.75) is 38.0 Å².